The van der Waals surface area contributed by atoms with Gasteiger partial charge in [0.2, 0.25) is 0 Å². The Morgan fingerprint density at radius 1 is 0.895 bits per heavy atom. The first kappa shape index (κ1) is 9.93. The average molecular weight is 248 g/mol. The highest BCUT2D eigenvalue weighted by Gasteiger charge is 2.49. The summed E-state index contributed by atoms with van der Waals surface area (Å²) in [5.74, 6) is 0.286. The summed E-state index contributed by atoms with van der Waals surface area (Å²) in [6.45, 7) is 0. The summed E-state index contributed by atoms with van der Waals surface area (Å²) in [5.41, 5.74) is 7.29. The van der Waals surface area contributed by atoms with Crippen LogP contribution in [-0.2, 0) is 11.2 Å². The van der Waals surface area contributed by atoms with Crippen LogP contribution in [0.2, 0.25) is 0 Å². The number of hydrogen-bond donors (Lipinski definition) is 0. The molecule has 0 spiro atoms. The van der Waals surface area contributed by atoms with Gasteiger partial charge in [-0.15, -0.1) is 0 Å². The lowest BCUT2D eigenvalue weighted by Gasteiger charge is -2.19. The molecular formula is C17H12O2. The van der Waals surface area contributed by atoms with Crippen LogP contribution in [0.1, 0.15) is 45.7 Å². The molecule has 2 nitrogen and oxygen atoms in total. The fraction of sp³-hybridized carbons (Fsp3) is 0.235. The van der Waals surface area contributed by atoms with Gasteiger partial charge >= 0.3 is 0 Å². The monoisotopic (exact) mass is 248 g/mol. The SMILES string of the molecule is O=C1CCc2c1ccc1c2[C@@H]2O[C@@H]2c2ccccc2-1. The van der Waals surface area contributed by atoms with Crippen molar-refractivity contribution in [3.8, 4) is 11.1 Å². The van der Waals surface area contributed by atoms with Crippen LogP contribution in [0, 0.1) is 0 Å². The van der Waals surface area contributed by atoms with E-state index in [4.69, 9.17) is 4.74 Å². The van der Waals surface area contributed by atoms with Crippen LogP contribution >= 0.6 is 0 Å². The van der Waals surface area contributed by atoms with Gasteiger partial charge in [0, 0.05) is 12.0 Å². The van der Waals surface area contributed by atoms with Gasteiger partial charge in [-0.05, 0) is 34.2 Å². The van der Waals surface area contributed by atoms with E-state index in [0.29, 0.717) is 6.42 Å². The van der Waals surface area contributed by atoms with Crippen molar-refractivity contribution < 1.29 is 9.53 Å². The summed E-state index contributed by atoms with van der Waals surface area (Å²) in [6, 6.07) is 12.6. The number of ketones is 1. The van der Waals surface area contributed by atoms with Gasteiger partial charge in [0.25, 0.3) is 0 Å². The minimum atomic E-state index is 0.186. The van der Waals surface area contributed by atoms with E-state index < -0.39 is 0 Å². The standard InChI is InChI=1S/C17H12O2/c18-14-8-7-12-10(14)5-6-11-9-3-1-2-4-13(9)16-17(19-16)15(11)12/h1-6,16-17H,7-8H2/t16-,17+/m1/s1. The van der Waals surface area contributed by atoms with E-state index in [1.807, 2.05) is 6.07 Å². The number of epoxide rings is 1. The van der Waals surface area contributed by atoms with Crippen LogP contribution in [-0.4, -0.2) is 5.78 Å². The van der Waals surface area contributed by atoms with Gasteiger partial charge in [-0.25, -0.2) is 0 Å². The summed E-state index contributed by atoms with van der Waals surface area (Å²) >= 11 is 0. The Labute approximate surface area is 111 Å². The topological polar surface area (TPSA) is 29.6 Å². The molecule has 2 aliphatic carbocycles. The molecule has 0 N–H and O–H groups in total. The first-order valence-corrected chi connectivity index (χ1v) is 6.78. The van der Waals surface area contributed by atoms with Crippen molar-refractivity contribution in [2.24, 2.45) is 0 Å². The van der Waals surface area contributed by atoms with Crippen molar-refractivity contribution in [1.82, 2.24) is 0 Å². The van der Waals surface area contributed by atoms with E-state index in [0.717, 1.165) is 12.0 Å². The minimum Gasteiger partial charge on any atom is -0.359 e. The first-order valence-electron chi connectivity index (χ1n) is 6.78. The molecule has 2 heteroatoms. The molecule has 1 saturated heterocycles. The summed E-state index contributed by atoms with van der Waals surface area (Å²) in [5, 5.41) is 0. The van der Waals surface area contributed by atoms with Crippen LogP contribution < -0.4 is 0 Å². The van der Waals surface area contributed by atoms with E-state index in [-0.39, 0.29) is 18.0 Å². The van der Waals surface area contributed by atoms with Crippen molar-refractivity contribution in [2.45, 2.75) is 25.0 Å². The van der Waals surface area contributed by atoms with Crippen molar-refractivity contribution in [2.75, 3.05) is 0 Å². The maximum absolute atomic E-state index is 11.9. The normalized spacial score (nSPS) is 25.4. The third-order valence-corrected chi connectivity index (χ3v) is 4.59. The van der Waals surface area contributed by atoms with Crippen LogP contribution in [0.3, 0.4) is 0 Å². The van der Waals surface area contributed by atoms with E-state index in [9.17, 15) is 4.79 Å². The average Bonchev–Trinajstić information content (AvgIpc) is 3.17. The Morgan fingerprint density at radius 3 is 2.68 bits per heavy atom. The molecule has 2 atom stereocenters. The molecular weight excluding hydrogens is 236 g/mol. The van der Waals surface area contributed by atoms with E-state index >= 15 is 0 Å². The fourth-order valence-corrected chi connectivity index (χ4v) is 3.69. The zero-order chi connectivity index (χ0) is 12.6. The second kappa shape index (κ2) is 3.14. The molecule has 0 amide bonds. The number of Topliss-reactive ketones (excluding diaryl/α,β-unsaturated/α-hetero) is 1. The fourth-order valence-electron chi connectivity index (χ4n) is 3.69. The summed E-state index contributed by atoms with van der Waals surface area (Å²) in [6.07, 6.45) is 1.94. The number of carbonyl (C=O) groups excluding carboxylic acids is 1. The number of rotatable bonds is 0. The molecule has 92 valence electrons. The lowest BCUT2D eigenvalue weighted by Crippen LogP contribution is -2.03. The van der Waals surface area contributed by atoms with Gasteiger partial charge in [0.1, 0.15) is 12.2 Å². The molecule has 0 saturated carbocycles. The van der Waals surface area contributed by atoms with Gasteiger partial charge in [0.15, 0.2) is 5.78 Å². The molecule has 3 aliphatic rings. The Kier molecular flexibility index (Phi) is 1.64. The highest BCUT2D eigenvalue weighted by molar-refractivity contribution is 6.02. The van der Waals surface area contributed by atoms with Gasteiger partial charge < -0.3 is 4.74 Å². The molecule has 2 aromatic carbocycles. The first-order chi connectivity index (χ1) is 9.34. The van der Waals surface area contributed by atoms with Crippen molar-refractivity contribution >= 4 is 5.78 Å². The summed E-state index contributed by atoms with van der Waals surface area (Å²) < 4.78 is 5.88. The van der Waals surface area contributed by atoms with E-state index in [1.54, 1.807) is 0 Å². The molecule has 0 bridgehead atoms. The van der Waals surface area contributed by atoms with Gasteiger partial charge in [-0.3, -0.25) is 4.79 Å². The van der Waals surface area contributed by atoms with Crippen LogP contribution in [0.15, 0.2) is 36.4 Å². The van der Waals surface area contributed by atoms with Crippen molar-refractivity contribution in [3.63, 3.8) is 0 Å². The molecule has 1 aliphatic heterocycles. The maximum Gasteiger partial charge on any atom is 0.163 e. The second-order valence-corrected chi connectivity index (χ2v) is 5.54. The zero-order valence-electron chi connectivity index (χ0n) is 10.3. The Hall–Kier alpha value is -1.93. The van der Waals surface area contributed by atoms with Crippen molar-refractivity contribution in [1.29, 1.82) is 0 Å². The molecule has 2 aromatic rings. The summed E-state index contributed by atoms with van der Waals surface area (Å²) in [7, 11) is 0. The molecule has 0 aromatic heterocycles. The number of benzene rings is 2. The van der Waals surface area contributed by atoms with E-state index in [1.165, 1.54) is 27.8 Å². The predicted molar refractivity (Wildman–Crippen MR) is 71.1 cm³/mol. The second-order valence-electron chi connectivity index (χ2n) is 5.54. The highest BCUT2D eigenvalue weighted by atomic mass is 16.6. The van der Waals surface area contributed by atoms with Gasteiger partial charge in [-0.2, -0.15) is 0 Å². The predicted octanol–water partition coefficient (Wildman–Crippen LogP) is 3.61. The minimum absolute atomic E-state index is 0.186. The van der Waals surface area contributed by atoms with Gasteiger partial charge in [0.05, 0.1) is 0 Å². The Bertz CT molecular complexity index is 745. The number of hydrogen-bond acceptors (Lipinski definition) is 2. The Morgan fingerprint density at radius 2 is 1.74 bits per heavy atom. The quantitative estimate of drug-likeness (QED) is 0.666. The third kappa shape index (κ3) is 1.13. The van der Waals surface area contributed by atoms with E-state index in [2.05, 4.69) is 30.3 Å². The Balaban J connectivity index is 1.86. The summed E-state index contributed by atoms with van der Waals surface area (Å²) in [4.78, 5) is 11.9. The lowest BCUT2D eigenvalue weighted by molar-refractivity contribution is 0.0994. The molecule has 0 radical (unpaired) electrons. The smallest absolute Gasteiger partial charge is 0.163 e. The van der Waals surface area contributed by atoms with Gasteiger partial charge in [-0.1, -0.05) is 36.4 Å². The van der Waals surface area contributed by atoms with Crippen LogP contribution in [0.25, 0.3) is 11.1 Å². The van der Waals surface area contributed by atoms with Crippen LogP contribution in [0.4, 0.5) is 0 Å². The maximum atomic E-state index is 11.9. The molecule has 19 heavy (non-hydrogen) atoms. The third-order valence-electron chi connectivity index (χ3n) is 4.59. The number of ether oxygens (including phenoxy) is 1. The zero-order valence-corrected chi connectivity index (χ0v) is 10.3. The number of carbonyl (C=O) groups is 1. The van der Waals surface area contributed by atoms with Crippen molar-refractivity contribution in [3.05, 3.63) is 58.7 Å². The largest absolute Gasteiger partial charge is 0.359 e. The lowest BCUT2D eigenvalue weighted by atomic mass is 9.82. The molecule has 1 heterocycles. The molecule has 5 rings (SSSR count). The number of fused-ring (bicyclic) bond motifs is 8. The van der Waals surface area contributed by atoms with Crippen LogP contribution in [0.5, 0.6) is 0 Å². The molecule has 0 unspecified atom stereocenters. The molecule has 1 fully saturated rings. The highest BCUT2D eigenvalue weighted by Crippen LogP contribution is 2.60.